The second-order valence-electron chi connectivity index (χ2n) is 7.28. The molecule has 2 aliphatic heterocycles. The summed E-state index contributed by atoms with van der Waals surface area (Å²) in [5, 5.41) is 0. The summed E-state index contributed by atoms with van der Waals surface area (Å²) in [4.78, 5) is 30.7. The highest BCUT2D eigenvalue weighted by molar-refractivity contribution is 5.92. The van der Waals surface area contributed by atoms with E-state index in [0.29, 0.717) is 37.2 Å². The molecule has 0 aliphatic carbocycles. The zero-order valence-corrected chi connectivity index (χ0v) is 15.4. The van der Waals surface area contributed by atoms with Crippen molar-refractivity contribution in [1.29, 1.82) is 0 Å². The first-order valence-corrected chi connectivity index (χ1v) is 9.24. The second kappa shape index (κ2) is 7.56. The van der Waals surface area contributed by atoms with Gasteiger partial charge in [0.2, 0.25) is 5.88 Å². The van der Waals surface area contributed by atoms with E-state index < -0.39 is 0 Å². The van der Waals surface area contributed by atoms with Crippen molar-refractivity contribution in [3.63, 3.8) is 0 Å². The van der Waals surface area contributed by atoms with Crippen molar-refractivity contribution in [2.75, 3.05) is 26.3 Å². The SMILES string of the molecule is Cc1cncc(OCC[C@H]2CCOC3(C2)CN(C(=O)c2cnccn2)C3)n1. The van der Waals surface area contributed by atoms with Gasteiger partial charge >= 0.3 is 0 Å². The number of hydrogen-bond acceptors (Lipinski definition) is 7. The van der Waals surface area contributed by atoms with Crippen molar-refractivity contribution in [1.82, 2.24) is 24.8 Å². The van der Waals surface area contributed by atoms with Gasteiger partial charge < -0.3 is 14.4 Å². The highest BCUT2D eigenvalue weighted by Crippen LogP contribution is 2.38. The van der Waals surface area contributed by atoms with Gasteiger partial charge in [-0.2, -0.15) is 0 Å². The van der Waals surface area contributed by atoms with Crippen molar-refractivity contribution in [3.8, 4) is 5.88 Å². The molecule has 1 atom stereocenters. The first kappa shape index (κ1) is 17.8. The third kappa shape index (κ3) is 4.05. The van der Waals surface area contributed by atoms with Crippen LogP contribution < -0.4 is 4.74 Å². The average Bonchev–Trinajstić information content (AvgIpc) is 2.66. The average molecular weight is 369 g/mol. The summed E-state index contributed by atoms with van der Waals surface area (Å²) in [5.74, 6) is 1.01. The Kier molecular flexibility index (Phi) is 4.98. The molecule has 1 spiro atoms. The predicted octanol–water partition coefficient (Wildman–Crippen LogP) is 1.67. The molecule has 8 nitrogen and oxygen atoms in total. The lowest BCUT2D eigenvalue weighted by Gasteiger charge is -2.53. The van der Waals surface area contributed by atoms with Gasteiger partial charge in [-0.15, -0.1) is 0 Å². The summed E-state index contributed by atoms with van der Waals surface area (Å²) in [6, 6.07) is 0. The van der Waals surface area contributed by atoms with Crippen LogP contribution in [-0.4, -0.2) is 62.6 Å². The lowest BCUT2D eigenvalue weighted by Crippen LogP contribution is -2.66. The number of nitrogens with zero attached hydrogens (tertiary/aromatic N) is 5. The van der Waals surface area contributed by atoms with E-state index in [1.165, 1.54) is 12.4 Å². The van der Waals surface area contributed by atoms with Gasteiger partial charge in [0.15, 0.2) is 0 Å². The van der Waals surface area contributed by atoms with E-state index >= 15 is 0 Å². The van der Waals surface area contributed by atoms with Crippen LogP contribution in [0.5, 0.6) is 5.88 Å². The van der Waals surface area contributed by atoms with E-state index in [1.807, 2.05) is 6.92 Å². The van der Waals surface area contributed by atoms with Gasteiger partial charge in [0.25, 0.3) is 5.91 Å². The van der Waals surface area contributed by atoms with Gasteiger partial charge in [-0.1, -0.05) is 0 Å². The fourth-order valence-corrected chi connectivity index (χ4v) is 3.80. The number of carbonyl (C=O) groups excluding carboxylic acids is 1. The molecule has 0 unspecified atom stereocenters. The zero-order chi connectivity index (χ0) is 18.7. The van der Waals surface area contributed by atoms with Crippen LogP contribution in [-0.2, 0) is 4.74 Å². The van der Waals surface area contributed by atoms with E-state index in [9.17, 15) is 4.79 Å². The molecule has 0 radical (unpaired) electrons. The Labute approximate surface area is 158 Å². The number of aromatic nitrogens is 4. The zero-order valence-electron chi connectivity index (χ0n) is 15.4. The van der Waals surface area contributed by atoms with Crippen molar-refractivity contribution >= 4 is 5.91 Å². The van der Waals surface area contributed by atoms with Gasteiger partial charge in [0.05, 0.1) is 37.8 Å². The van der Waals surface area contributed by atoms with Gasteiger partial charge in [-0.25, -0.2) is 9.97 Å². The lowest BCUT2D eigenvalue weighted by atomic mass is 9.79. The summed E-state index contributed by atoms with van der Waals surface area (Å²) in [6.07, 6.45) is 10.9. The quantitative estimate of drug-likeness (QED) is 0.792. The van der Waals surface area contributed by atoms with E-state index in [1.54, 1.807) is 23.5 Å². The fraction of sp³-hybridized carbons (Fsp3) is 0.526. The minimum atomic E-state index is -0.218. The molecule has 2 saturated heterocycles. The maximum atomic E-state index is 12.4. The molecule has 0 aromatic carbocycles. The molecular weight excluding hydrogens is 346 g/mol. The summed E-state index contributed by atoms with van der Waals surface area (Å²) in [7, 11) is 0. The van der Waals surface area contributed by atoms with Crippen molar-refractivity contribution in [2.45, 2.75) is 31.8 Å². The number of aryl methyl sites for hydroxylation is 1. The van der Waals surface area contributed by atoms with Crippen LogP contribution >= 0.6 is 0 Å². The Morgan fingerprint density at radius 1 is 1.30 bits per heavy atom. The Hall–Kier alpha value is -2.61. The number of amides is 1. The molecule has 0 N–H and O–H groups in total. The topological polar surface area (TPSA) is 90.3 Å². The molecule has 2 aromatic heterocycles. The summed E-state index contributed by atoms with van der Waals surface area (Å²) >= 11 is 0. The molecule has 142 valence electrons. The smallest absolute Gasteiger partial charge is 0.274 e. The van der Waals surface area contributed by atoms with Crippen LogP contribution in [0.4, 0.5) is 0 Å². The first-order chi connectivity index (χ1) is 13.1. The minimum Gasteiger partial charge on any atom is -0.477 e. The molecule has 4 rings (SSSR count). The Balaban J connectivity index is 1.26. The highest BCUT2D eigenvalue weighted by Gasteiger charge is 2.49. The summed E-state index contributed by atoms with van der Waals surface area (Å²) in [6.45, 7) is 4.46. The van der Waals surface area contributed by atoms with Crippen molar-refractivity contribution < 1.29 is 14.3 Å². The lowest BCUT2D eigenvalue weighted by molar-refractivity contribution is -0.166. The molecule has 8 heteroatoms. The molecule has 2 aromatic rings. The van der Waals surface area contributed by atoms with Crippen LogP contribution in [0.3, 0.4) is 0 Å². The summed E-state index contributed by atoms with van der Waals surface area (Å²) < 4.78 is 11.8. The third-order valence-corrected chi connectivity index (χ3v) is 5.13. The maximum Gasteiger partial charge on any atom is 0.274 e. The van der Waals surface area contributed by atoms with Gasteiger partial charge in [0.1, 0.15) is 11.3 Å². The van der Waals surface area contributed by atoms with Gasteiger partial charge in [-0.05, 0) is 32.1 Å². The molecule has 1 amide bonds. The number of carbonyl (C=O) groups is 1. The Morgan fingerprint density at radius 2 is 2.19 bits per heavy atom. The van der Waals surface area contributed by atoms with Crippen LogP contribution in [0.25, 0.3) is 0 Å². The minimum absolute atomic E-state index is 0.0826. The van der Waals surface area contributed by atoms with Crippen LogP contribution in [0, 0.1) is 12.8 Å². The van der Waals surface area contributed by atoms with Crippen molar-refractivity contribution in [2.24, 2.45) is 5.92 Å². The molecule has 4 heterocycles. The van der Waals surface area contributed by atoms with E-state index in [4.69, 9.17) is 9.47 Å². The second-order valence-corrected chi connectivity index (χ2v) is 7.28. The monoisotopic (exact) mass is 369 g/mol. The predicted molar refractivity (Wildman–Crippen MR) is 96.2 cm³/mol. The van der Waals surface area contributed by atoms with Gasteiger partial charge in [0, 0.05) is 25.2 Å². The Bertz CT molecular complexity index is 795. The number of likely N-dealkylation sites (tertiary alicyclic amines) is 1. The Morgan fingerprint density at radius 3 is 2.96 bits per heavy atom. The number of hydrogen-bond donors (Lipinski definition) is 0. The fourth-order valence-electron chi connectivity index (χ4n) is 3.80. The van der Waals surface area contributed by atoms with Crippen LogP contribution in [0.2, 0.25) is 0 Å². The molecule has 0 bridgehead atoms. The standard InChI is InChI=1S/C19H23N5O3/c1-14-9-21-11-17(23-14)26-6-2-15-3-7-27-19(8-15)12-24(13-19)18(25)16-10-20-4-5-22-16/h4-5,9-11,15H,2-3,6-8,12-13H2,1H3/t15-/m0/s1. The third-order valence-electron chi connectivity index (χ3n) is 5.13. The number of ether oxygens (including phenoxy) is 2. The highest BCUT2D eigenvalue weighted by atomic mass is 16.5. The summed E-state index contributed by atoms with van der Waals surface area (Å²) in [5.41, 5.74) is 1.01. The molecule has 27 heavy (non-hydrogen) atoms. The molecule has 2 fully saturated rings. The largest absolute Gasteiger partial charge is 0.477 e. The van der Waals surface area contributed by atoms with Crippen LogP contribution in [0.15, 0.2) is 31.0 Å². The molecule has 2 aliphatic rings. The first-order valence-electron chi connectivity index (χ1n) is 9.24. The molecular formula is C19H23N5O3. The molecule has 0 saturated carbocycles. The van der Waals surface area contributed by atoms with E-state index in [2.05, 4.69) is 19.9 Å². The maximum absolute atomic E-state index is 12.4. The normalized spacial score (nSPS) is 20.9. The van der Waals surface area contributed by atoms with Crippen LogP contribution in [0.1, 0.15) is 35.4 Å². The van der Waals surface area contributed by atoms with E-state index in [-0.39, 0.29) is 11.5 Å². The van der Waals surface area contributed by atoms with Crippen molar-refractivity contribution in [3.05, 3.63) is 42.4 Å². The van der Waals surface area contributed by atoms with Gasteiger partial charge in [-0.3, -0.25) is 14.8 Å². The number of rotatable bonds is 5. The van der Waals surface area contributed by atoms with E-state index in [0.717, 1.165) is 31.6 Å².